The number of nitrogens with zero attached hydrogens (tertiary/aromatic N) is 4. The van der Waals surface area contributed by atoms with Gasteiger partial charge < -0.3 is 24.6 Å². The highest BCUT2D eigenvalue weighted by molar-refractivity contribution is 6.14. The molecule has 0 atom stereocenters. The molecule has 2 heterocycles. The molecule has 4 rings (SSSR count). The van der Waals surface area contributed by atoms with Crippen LogP contribution in [-0.4, -0.2) is 82.7 Å². The van der Waals surface area contributed by atoms with Crippen LogP contribution in [0.1, 0.15) is 29.5 Å². The van der Waals surface area contributed by atoms with Gasteiger partial charge >= 0.3 is 6.03 Å². The fourth-order valence-electron chi connectivity index (χ4n) is 4.76. The van der Waals surface area contributed by atoms with Crippen molar-refractivity contribution in [2.75, 3.05) is 59.9 Å². The van der Waals surface area contributed by atoms with Gasteiger partial charge in [-0.15, -0.1) is 0 Å². The van der Waals surface area contributed by atoms with Crippen molar-refractivity contribution in [1.29, 1.82) is 0 Å². The highest BCUT2D eigenvalue weighted by Gasteiger charge is 2.25. The van der Waals surface area contributed by atoms with Gasteiger partial charge in [-0.2, -0.15) is 5.10 Å². The fourth-order valence-corrected chi connectivity index (χ4v) is 4.76. The Bertz CT molecular complexity index is 1040. The molecule has 1 N–H and O–H groups in total. The van der Waals surface area contributed by atoms with Gasteiger partial charge in [-0.25, -0.2) is 9.80 Å². The number of fused-ring (bicyclic) bond motifs is 1. The van der Waals surface area contributed by atoms with Crippen LogP contribution in [0, 0.1) is 0 Å². The van der Waals surface area contributed by atoms with E-state index in [9.17, 15) is 4.79 Å². The highest BCUT2D eigenvalue weighted by Crippen LogP contribution is 2.34. The molecule has 34 heavy (non-hydrogen) atoms. The Hall–Kier alpha value is -3.26. The van der Waals surface area contributed by atoms with E-state index in [1.54, 1.807) is 21.3 Å². The summed E-state index contributed by atoms with van der Waals surface area (Å²) in [5, 5.41) is 8.97. The third kappa shape index (κ3) is 4.82. The van der Waals surface area contributed by atoms with Crippen LogP contribution in [-0.2, 0) is 6.42 Å². The minimum Gasteiger partial charge on any atom is -0.493 e. The maximum atomic E-state index is 12.5. The third-order valence-electron chi connectivity index (χ3n) is 6.83. The number of piperidine rings is 1. The second kappa shape index (κ2) is 10.3. The van der Waals surface area contributed by atoms with E-state index >= 15 is 0 Å². The van der Waals surface area contributed by atoms with Crippen LogP contribution >= 0.6 is 0 Å². The number of methoxy groups -OCH3 is 2. The Labute approximate surface area is 202 Å². The largest absolute Gasteiger partial charge is 0.493 e. The summed E-state index contributed by atoms with van der Waals surface area (Å²) in [4.78, 5) is 17.2. The molecule has 0 aliphatic carbocycles. The third-order valence-corrected chi connectivity index (χ3v) is 6.83. The summed E-state index contributed by atoms with van der Waals surface area (Å²) in [5.74, 6) is 1.31. The molecule has 2 aliphatic rings. The topological polar surface area (TPSA) is 69.6 Å². The fraction of sp³-hybridized carbons (Fsp3) is 0.462. The van der Waals surface area contributed by atoms with Crippen LogP contribution in [0.2, 0.25) is 0 Å². The summed E-state index contributed by atoms with van der Waals surface area (Å²) in [7, 11) is 9.20. The van der Waals surface area contributed by atoms with Crippen molar-refractivity contribution in [3.05, 3.63) is 53.1 Å². The van der Waals surface area contributed by atoms with E-state index in [-0.39, 0.29) is 6.03 Å². The predicted molar refractivity (Wildman–Crippen MR) is 135 cm³/mol. The standard InChI is InChI=1S/C26H35N5O3/c1-27-26(32)31-15-10-19-16-23(33-4)24(34-5)17-22(19)25(28-31)18-6-8-21(9-7-18)30-13-11-20(12-14-30)29(2)3/h6-9,16-17,20H,10-15H2,1-5H3,(H,27,32). The average molecular weight is 466 g/mol. The van der Waals surface area contributed by atoms with E-state index in [1.807, 2.05) is 12.1 Å². The van der Waals surface area contributed by atoms with Gasteiger partial charge in [0, 0.05) is 43.0 Å². The molecule has 0 spiro atoms. The van der Waals surface area contributed by atoms with Crippen molar-refractivity contribution in [2.45, 2.75) is 25.3 Å². The summed E-state index contributed by atoms with van der Waals surface area (Å²) < 4.78 is 11.1. The minimum atomic E-state index is -0.232. The first-order chi connectivity index (χ1) is 16.4. The second-order valence-electron chi connectivity index (χ2n) is 8.97. The summed E-state index contributed by atoms with van der Waals surface area (Å²) >= 11 is 0. The molecule has 0 bridgehead atoms. The molecule has 1 fully saturated rings. The lowest BCUT2D eigenvalue weighted by Crippen LogP contribution is -2.41. The molecule has 8 nitrogen and oxygen atoms in total. The molecule has 2 amide bonds. The molecule has 182 valence electrons. The number of urea groups is 1. The van der Waals surface area contributed by atoms with Crippen LogP contribution < -0.4 is 19.7 Å². The summed E-state index contributed by atoms with van der Waals surface area (Å²) in [5.41, 5.74) is 4.93. The van der Waals surface area contributed by atoms with Crippen LogP contribution in [0.15, 0.2) is 41.5 Å². The van der Waals surface area contributed by atoms with Gasteiger partial charge in [-0.3, -0.25) is 0 Å². The van der Waals surface area contributed by atoms with E-state index < -0.39 is 0 Å². The Morgan fingerprint density at radius 3 is 2.26 bits per heavy atom. The number of ether oxygens (including phenoxy) is 2. The number of anilines is 1. The van der Waals surface area contributed by atoms with E-state index in [0.29, 0.717) is 30.5 Å². The van der Waals surface area contributed by atoms with Crippen molar-refractivity contribution in [1.82, 2.24) is 15.2 Å². The Balaban J connectivity index is 1.68. The number of hydrogen-bond donors (Lipinski definition) is 1. The number of carbonyl (C=O) groups is 1. The molecule has 2 aromatic rings. The van der Waals surface area contributed by atoms with Crippen LogP contribution in [0.5, 0.6) is 11.5 Å². The number of hydrogen-bond acceptors (Lipinski definition) is 6. The van der Waals surface area contributed by atoms with Gasteiger partial charge in [0.2, 0.25) is 0 Å². The van der Waals surface area contributed by atoms with E-state index in [2.05, 4.69) is 53.5 Å². The van der Waals surface area contributed by atoms with E-state index in [1.165, 1.54) is 10.7 Å². The van der Waals surface area contributed by atoms with Crippen molar-refractivity contribution in [2.24, 2.45) is 5.10 Å². The average Bonchev–Trinajstić information content (AvgIpc) is 3.07. The summed E-state index contributed by atoms with van der Waals surface area (Å²) in [6.07, 6.45) is 2.99. The monoisotopic (exact) mass is 465 g/mol. The van der Waals surface area contributed by atoms with Crippen LogP contribution in [0.25, 0.3) is 0 Å². The van der Waals surface area contributed by atoms with Crippen molar-refractivity contribution >= 4 is 17.4 Å². The van der Waals surface area contributed by atoms with Gasteiger partial charge in [0.25, 0.3) is 0 Å². The zero-order valence-corrected chi connectivity index (χ0v) is 20.8. The number of rotatable bonds is 5. The predicted octanol–water partition coefficient (Wildman–Crippen LogP) is 3.18. The molecule has 2 aromatic carbocycles. The van der Waals surface area contributed by atoms with E-state index in [4.69, 9.17) is 14.6 Å². The molecule has 1 saturated heterocycles. The quantitative estimate of drug-likeness (QED) is 0.735. The number of carbonyl (C=O) groups excluding carboxylic acids is 1. The Morgan fingerprint density at radius 1 is 1.03 bits per heavy atom. The first kappa shape index (κ1) is 23.9. The van der Waals surface area contributed by atoms with Crippen LogP contribution in [0.4, 0.5) is 10.5 Å². The number of amides is 2. The van der Waals surface area contributed by atoms with Crippen molar-refractivity contribution in [3.8, 4) is 11.5 Å². The summed E-state index contributed by atoms with van der Waals surface area (Å²) in [6, 6.07) is 12.9. The van der Waals surface area contributed by atoms with Gasteiger partial charge in [-0.1, -0.05) is 12.1 Å². The van der Waals surface area contributed by atoms with Crippen molar-refractivity contribution in [3.63, 3.8) is 0 Å². The number of hydrazone groups is 1. The molecule has 0 saturated carbocycles. The molecule has 8 heteroatoms. The van der Waals surface area contributed by atoms with Crippen molar-refractivity contribution < 1.29 is 14.3 Å². The Kier molecular flexibility index (Phi) is 7.26. The zero-order valence-electron chi connectivity index (χ0n) is 20.8. The lowest BCUT2D eigenvalue weighted by molar-refractivity contribution is 0.203. The lowest BCUT2D eigenvalue weighted by Gasteiger charge is -2.36. The highest BCUT2D eigenvalue weighted by atomic mass is 16.5. The molecule has 0 unspecified atom stereocenters. The van der Waals surface area contributed by atoms with E-state index in [0.717, 1.165) is 48.3 Å². The maximum Gasteiger partial charge on any atom is 0.337 e. The van der Waals surface area contributed by atoms with Gasteiger partial charge in [-0.05, 0) is 63.2 Å². The number of nitrogens with one attached hydrogen (secondary N) is 1. The van der Waals surface area contributed by atoms with Gasteiger partial charge in [0.05, 0.1) is 26.5 Å². The first-order valence-corrected chi connectivity index (χ1v) is 11.8. The first-order valence-electron chi connectivity index (χ1n) is 11.8. The molecule has 0 aromatic heterocycles. The smallest absolute Gasteiger partial charge is 0.337 e. The van der Waals surface area contributed by atoms with Gasteiger partial charge in [0.1, 0.15) is 0 Å². The SMILES string of the molecule is CNC(=O)N1CCc2cc(OC)c(OC)cc2C(c2ccc(N3CCC(N(C)C)CC3)cc2)=N1. The summed E-state index contributed by atoms with van der Waals surface area (Å²) in [6.45, 7) is 2.57. The lowest BCUT2D eigenvalue weighted by atomic mass is 9.95. The maximum absolute atomic E-state index is 12.5. The second-order valence-corrected chi connectivity index (χ2v) is 8.97. The normalized spacial score (nSPS) is 16.6. The molecule has 2 aliphatic heterocycles. The Morgan fingerprint density at radius 2 is 1.68 bits per heavy atom. The minimum absolute atomic E-state index is 0.232. The van der Waals surface area contributed by atoms with Crippen LogP contribution in [0.3, 0.4) is 0 Å². The molecule has 0 radical (unpaired) electrons. The molecular formula is C26H35N5O3. The zero-order chi connectivity index (χ0) is 24.2. The molecular weight excluding hydrogens is 430 g/mol. The van der Waals surface area contributed by atoms with Gasteiger partial charge in [0.15, 0.2) is 11.5 Å². The number of benzene rings is 2.